The van der Waals surface area contributed by atoms with E-state index in [1.165, 1.54) is 19.2 Å². The van der Waals surface area contributed by atoms with Crippen LogP contribution in [0.2, 0.25) is 0 Å². The van der Waals surface area contributed by atoms with Crippen LogP contribution in [0, 0.1) is 6.92 Å². The molecule has 152 valence electrons. The quantitative estimate of drug-likeness (QED) is 0.663. The molecule has 0 N–H and O–H groups in total. The third-order valence-corrected chi connectivity index (χ3v) is 5.70. The van der Waals surface area contributed by atoms with Gasteiger partial charge >= 0.3 is 0 Å². The number of piperazine rings is 1. The Morgan fingerprint density at radius 1 is 1.10 bits per heavy atom. The Balaban J connectivity index is 1.24. The van der Waals surface area contributed by atoms with Crippen LogP contribution in [0.5, 0.6) is 0 Å². The summed E-state index contributed by atoms with van der Waals surface area (Å²) >= 11 is 0. The van der Waals surface area contributed by atoms with Crippen LogP contribution in [-0.2, 0) is 6.54 Å². The van der Waals surface area contributed by atoms with Gasteiger partial charge in [0, 0.05) is 37.9 Å². The standard InChI is InChI=1S/C20H25N7O2/c1-15-12-18(27-20(23-15)21-14-22-27)25-8-10-26(11-9-25)19(28)17-5-4-16(29-17)13-24-6-2-3-7-24/h4-5,12,14H,2-3,6-11,13H2,1H3. The number of furan rings is 1. The number of carbonyl (C=O) groups is 1. The zero-order chi connectivity index (χ0) is 19.8. The zero-order valence-corrected chi connectivity index (χ0v) is 16.6. The van der Waals surface area contributed by atoms with E-state index in [2.05, 4.69) is 24.9 Å². The molecule has 0 aromatic carbocycles. The molecular formula is C20H25N7O2. The van der Waals surface area contributed by atoms with E-state index >= 15 is 0 Å². The number of fused-ring (bicyclic) bond motifs is 1. The molecule has 9 heteroatoms. The van der Waals surface area contributed by atoms with E-state index < -0.39 is 0 Å². The van der Waals surface area contributed by atoms with Crippen molar-refractivity contribution in [2.75, 3.05) is 44.2 Å². The van der Waals surface area contributed by atoms with Crippen LogP contribution in [0.25, 0.3) is 5.78 Å². The van der Waals surface area contributed by atoms with Crippen LogP contribution in [0.3, 0.4) is 0 Å². The summed E-state index contributed by atoms with van der Waals surface area (Å²) in [5.74, 6) is 2.83. The van der Waals surface area contributed by atoms with Crippen LogP contribution in [0.1, 0.15) is 34.9 Å². The number of aryl methyl sites for hydroxylation is 1. The second kappa shape index (κ2) is 7.47. The van der Waals surface area contributed by atoms with Crippen LogP contribution in [0.4, 0.5) is 5.82 Å². The number of hydrogen-bond donors (Lipinski definition) is 0. The van der Waals surface area contributed by atoms with Crippen molar-refractivity contribution in [1.82, 2.24) is 29.4 Å². The average molecular weight is 395 g/mol. The van der Waals surface area contributed by atoms with Crippen LogP contribution < -0.4 is 4.90 Å². The summed E-state index contributed by atoms with van der Waals surface area (Å²) in [4.78, 5) is 27.9. The molecule has 2 saturated heterocycles. The molecule has 0 unspecified atom stereocenters. The van der Waals surface area contributed by atoms with E-state index in [-0.39, 0.29) is 5.91 Å². The van der Waals surface area contributed by atoms with Crippen molar-refractivity contribution >= 4 is 17.5 Å². The fourth-order valence-corrected chi connectivity index (χ4v) is 4.17. The molecule has 29 heavy (non-hydrogen) atoms. The maximum Gasteiger partial charge on any atom is 0.289 e. The Labute approximate surface area is 168 Å². The number of nitrogens with zero attached hydrogens (tertiary/aromatic N) is 7. The molecule has 9 nitrogen and oxygen atoms in total. The lowest BCUT2D eigenvalue weighted by molar-refractivity contribution is 0.0711. The summed E-state index contributed by atoms with van der Waals surface area (Å²) in [5.41, 5.74) is 0.903. The SMILES string of the molecule is Cc1cc(N2CCN(C(=O)c3ccc(CN4CCCC4)o3)CC2)n2ncnc2n1. The largest absolute Gasteiger partial charge is 0.455 e. The Morgan fingerprint density at radius 3 is 2.69 bits per heavy atom. The van der Waals surface area contributed by atoms with Crippen molar-refractivity contribution in [3.05, 3.63) is 41.7 Å². The summed E-state index contributed by atoms with van der Waals surface area (Å²) in [6, 6.07) is 5.75. The summed E-state index contributed by atoms with van der Waals surface area (Å²) < 4.78 is 7.61. The lowest BCUT2D eigenvalue weighted by Gasteiger charge is -2.35. The molecule has 0 saturated carbocycles. The lowest BCUT2D eigenvalue weighted by atomic mass is 10.2. The maximum absolute atomic E-state index is 12.9. The minimum atomic E-state index is -0.0332. The van der Waals surface area contributed by atoms with Gasteiger partial charge in [0.1, 0.15) is 17.9 Å². The Bertz CT molecular complexity index is 1010. The van der Waals surface area contributed by atoms with Gasteiger partial charge in [-0.15, -0.1) is 0 Å². The van der Waals surface area contributed by atoms with Gasteiger partial charge in [-0.2, -0.15) is 14.6 Å². The molecular weight excluding hydrogens is 370 g/mol. The summed E-state index contributed by atoms with van der Waals surface area (Å²) in [7, 11) is 0. The monoisotopic (exact) mass is 395 g/mol. The van der Waals surface area contributed by atoms with E-state index in [1.807, 2.05) is 30.0 Å². The first-order valence-electron chi connectivity index (χ1n) is 10.2. The number of carbonyl (C=O) groups excluding carboxylic acids is 1. The number of hydrogen-bond acceptors (Lipinski definition) is 7. The molecule has 2 aliphatic heterocycles. The minimum Gasteiger partial charge on any atom is -0.455 e. The Kier molecular flexibility index (Phi) is 4.67. The molecule has 0 aliphatic carbocycles. The molecule has 1 amide bonds. The van der Waals surface area contributed by atoms with Gasteiger partial charge in [0.25, 0.3) is 11.7 Å². The van der Waals surface area contributed by atoms with Crippen LogP contribution in [-0.4, -0.2) is 74.6 Å². The average Bonchev–Trinajstić information content (AvgIpc) is 3.49. The van der Waals surface area contributed by atoms with Gasteiger partial charge in [-0.25, -0.2) is 4.98 Å². The third kappa shape index (κ3) is 3.57. The zero-order valence-electron chi connectivity index (χ0n) is 16.6. The fourth-order valence-electron chi connectivity index (χ4n) is 4.17. The molecule has 5 rings (SSSR count). The first kappa shape index (κ1) is 18.1. The van der Waals surface area contributed by atoms with Crippen molar-refractivity contribution in [3.63, 3.8) is 0 Å². The molecule has 0 radical (unpaired) electrons. The molecule has 2 fully saturated rings. The van der Waals surface area contributed by atoms with Gasteiger partial charge in [0.15, 0.2) is 5.76 Å². The number of anilines is 1. The highest BCUT2D eigenvalue weighted by molar-refractivity contribution is 5.91. The Morgan fingerprint density at radius 2 is 1.90 bits per heavy atom. The molecule has 3 aromatic heterocycles. The fraction of sp³-hybridized carbons (Fsp3) is 0.500. The highest BCUT2D eigenvalue weighted by Gasteiger charge is 2.26. The minimum absolute atomic E-state index is 0.0332. The van der Waals surface area contributed by atoms with Gasteiger partial charge in [-0.05, 0) is 45.0 Å². The molecule has 3 aromatic rings. The molecule has 0 bridgehead atoms. The van der Waals surface area contributed by atoms with Crippen molar-refractivity contribution in [3.8, 4) is 0 Å². The number of aromatic nitrogens is 4. The van der Waals surface area contributed by atoms with Gasteiger partial charge in [-0.1, -0.05) is 0 Å². The predicted molar refractivity (Wildman–Crippen MR) is 107 cm³/mol. The smallest absolute Gasteiger partial charge is 0.289 e. The second-order valence-corrected chi connectivity index (χ2v) is 7.76. The number of amides is 1. The first-order valence-corrected chi connectivity index (χ1v) is 10.2. The van der Waals surface area contributed by atoms with E-state index in [4.69, 9.17) is 4.42 Å². The summed E-state index contributed by atoms with van der Waals surface area (Å²) in [5, 5.41) is 4.28. The molecule has 5 heterocycles. The first-order chi connectivity index (χ1) is 14.2. The van der Waals surface area contributed by atoms with Crippen molar-refractivity contribution in [2.45, 2.75) is 26.3 Å². The molecule has 0 atom stereocenters. The second-order valence-electron chi connectivity index (χ2n) is 7.76. The topological polar surface area (TPSA) is 83.0 Å². The Hall–Kier alpha value is -2.94. The van der Waals surface area contributed by atoms with Gasteiger partial charge in [0.2, 0.25) is 0 Å². The van der Waals surface area contributed by atoms with Crippen molar-refractivity contribution in [1.29, 1.82) is 0 Å². The summed E-state index contributed by atoms with van der Waals surface area (Å²) in [6.45, 7) is 7.69. The van der Waals surface area contributed by atoms with Gasteiger partial charge in [0.05, 0.1) is 6.54 Å². The number of rotatable bonds is 4. The van der Waals surface area contributed by atoms with Gasteiger partial charge in [-0.3, -0.25) is 9.69 Å². The highest BCUT2D eigenvalue weighted by Crippen LogP contribution is 2.20. The molecule has 0 spiro atoms. The third-order valence-electron chi connectivity index (χ3n) is 5.70. The van der Waals surface area contributed by atoms with E-state index in [0.717, 1.165) is 50.0 Å². The van der Waals surface area contributed by atoms with Crippen LogP contribution >= 0.6 is 0 Å². The van der Waals surface area contributed by atoms with Crippen LogP contribution in [0.15, 0.2) is 28.9 Å². The maximum atomic E-state index is 12.9. The lowest BCUT2D eigenvalue weighted by Crippen LogP contribution is -2.49. The predicted octanol–water partition coefficient (Wildman–Crippen LogP) is 1.58. The van der Waals surface area contributed by atoms with Crippen molar-refractivity contribution < 1.29 is 9.21 Å². The van der Waals surface area contributed by atoms with Gasteiger partial charge < -0.3 is 14.2 Å². The normalized spacial score (nSPS) is 18.1. The number of likely N-dealkylation sites (tertiary alicyclic amines) is 1. The summed E-state index contributed by atoms with van der Waals surface area (Å²) in [6.07, 6.45) is 4.00. The van der Waals surface area contributed by atoms with E-state index in [1.54, 1.807) is 4.52 Å². The molecule has 2 aliphatic rings. The van der Waals surface area contributed by atoms with E-state index in [9.17, 15) is 4.79 Å². The van der Waals surface area contributed by atoms with E-state index in [0.29, 0.717) is 24.6 Å². The highest BCUT2D eigenvalue weighted by atomic mass is 16.4. The van der Waals surface area contributed by atoms with Crippen molar-refractivity contribution in [2.24, 2.45) is 0 Å².